The Balaban J connectivity index is 1.50. The molecule has 0 radical (unpaired) electrons. The van der Waals surface area contributed by atoms with Gasteiger partial charge >= 0.3 is 0 Å². The van der Waals surface area contributed by atoms with Gasteiger partial charge in [0.05, 0.1) is 19.4 Å². The molecule has 0 aliphatic heterocycles. The number of carbonyl (C=O) groups is 2. The van der Waals surface area contributed by atoms with Crippen molar-refractivity contribution in [3.63, 3.8) is 0 Å². The summed E-state index contributed by atoms with van der Waals surface area (Å²) < 4.78 is 6.82. The SMILES string of the molecule is COc1ccc(C(=O)NCc2nnc(SCC(=O)Nc3nnc(C)s3)n2C)cc1. The van der Waals surface area contributed by atoms with Crippen molar-refractivity contribution in [2.75, 3.05) is 18.2 Å². The fraction of sp³-hybridized carbons (Fsp3) is 0.294. The lowest BCUT2D eigenvalue weighted by molar-refractivity contribution is -0.113. The van der Waals surface area contributed by atoms with Gasteiger partial charge in [-0.2, -0.15) is 0 Å². The molecule has 0 bridgehead atoms. The van der Waals surface area contributed by atoms with Crippen LogP contribution in [0.2, 0.25) is 0 Å². The highest BCUT2D eigenvalue weighted by atomic mass is 32.2. The van der Waals surface area contributed by atoms with E-state index in [2.05, 4.69) is 31.0 Å². The van der Waals surface area contributed by atoms with Crippen LogP contribution in [0.25, 0.3) is 0 Å². The van der Waals surface area contributed by atoms with E-state index in [0.29, 0.717) is 27.4 Å². The van der Waals surface area contributed by atoms with Crippen molar-refractivity contribution in [2.24, 2.45) is 7.05 Å². The van der Waals surface area contributed by atoms with E-state index in [1.54, 1.807) is 43.0 Å². The Bertz CT molecular complexity index is 1000. The molecule has 3 rings (SSSR count). The van der Waals surface area contributed by atoms with E-state index in [-0.39, 0.29) is 24.1 Å². The first-order valence-electron chi connectivity index (χ1n) is 8.49. The number of benzene rings is 1. The second-order valence-electron chi connectivity index (χ2n) is 5.83. The molecule has 152 valence electrons. The van der Waals surface area contributed by atoms with Gasteiger partial charge in [-0.15, -0.1) is 20.4 Å². The first kappa shape index (κ1) is 20.7. The number of hydrogen-bond donors (Lipinski definition) is 2. The zero-order valence-electron chi connectivity index (χ0n) is 16.0. The van der Waals surface area contributed by atoms with Crippen molar-refractivity contribution < 1.29 is 14.3 Å². The van der Waals surface area contributed by atoms with Crippen LogP contribution in [0.1, 0.15) is 21.2 Å². The van der Waals surface area contributed by atoms with Gasteiger partial charge in [0.2, 0.25) is 11.0 Å². The summed E-state index contributed by atoms with van der Waals surface area (Å²) in [6, 6.07) is 6.81. The summed E-state index contributed by atoms with van der Waals surface area (Å²) >= 11 is 2.55. The van der Waals surface area contributed by atoms with Gasteiger partial charge < -0.3 is 14.6 Å². The topological polar surface area (TPSA) is 124 Å². The van der Waals surface area contributed by atoms with E-state index < -0.39 is 0 Å². The molecule has 0 saturated carbocycles. The second-order valence-corrected chi connectivity index (χ2v) is 7.96. The molecule has 2 amide bonds. The van der Waals surface area contributed by atoms with Gasteiger partial charge in [0, 0.05) is 12.6 Å². The highest BCUT2D eigenvalue weighted by Gasteiger charge is 2.14. The van der Waals surface area contributed by atoms with E-state index in [9.17, 15) is 9.59 Å². The predicted octanol–water partition coefficient (Wildman–Crippen LogP) is 1.64. The summed E-state index contributed by atoms with van der Waals surface area (Å²) in [6.07, 6.45) is 0. The Morgan fingerprint density at radius 3 is 2.59 bits per heavy atom. The minimum atomic E-state index is -0.225. The molecule has 0 fully saturated rings. The minimum absolute atomic E-state index is 0.156. The maximum Gasteiger partial charge on any atom is 0.251 e. The molecular weight excluding hydrogens is 414 g/mol. The van der Waals surface area contributed by atoms with Crippen LogP contribution in [0.3, 0.4) is 0 Å². The molecule has 10 nitrogen and oxygen atoms in total. The van der Waals surface area contributed by atoms with E-state index in [4.69, 9.17) is 4.74 Å². The smallest absolute Gasteiger partial charge is 0.251 e. The predicted molar refractivity (Wildman–Crippen MR) is 109 cm³/mol. The number of anilines is 1. The van der Waals surface area contributed by atoms with Gasteiger partial charge in [0.15, 0.2) is 11.0 Å². The van der Waals surface area contributed by atoms with Crippen LogP contribution in [-0.2, 0) is 18.4 Å². The Morgan fingerprint density at radius 1 is 1.17 bits per heavy atom. The number of amides is 2. The van der Waals surface area contributed by atoms with Crippen LogP contribution in [0, 0.1) is 6.92 Å². The summed E-state index contributed by atoms with van der Waals surface area (Å²) in [5, 5.41) is 23.2. The number of nitrogens with zero attached hydrogens (tertiary/aromatic N) is 5. The minimum Gasteiger partial charge on any atom is -0.497 e. The molecule has 2 heterocycles. The van der Waals surface area contributed by atoms with Crippen LogP contribution >= 0.6 is 23.1 Å². The Morgan fingerprint density at radius 2 is 1.93 bits per heavy atom. The molecule has 0 unspecified atom stereocenters. The van der Waals surface area contributed by atoms with Gasteiger partial charge in [-0.05, 0) is 31.2 Å². The summed E-state index contributed by atoms with van der Waals surface area (Å²) in [6.45, 7) is 2.03. The average molecular weight is 434 g/mol. The summed E-state index contributed by atoms with van der Waals surface area (Å²) in [4.78, 5) is 24.3. The molecule has 12 heteroatoms. The summed E-state index contributed by atoms with van der Waals surface area (Å²) in [5.74, 6) is 0.986. The maximum atomic E-state index is 12.2. The molecule has 0 aliphatic rings. The third-order valence-corrected chi connectivity index (χ3v) is 5.56. The van der Waals surface area contributed by atoms with Crippen LogP contribution in [0.5, 0.6) is 5.75 Å². The quantitative estimate of drug-likeness (QED) is 0.514. The normalized spacial score (nSPS) is 10.6. The fourth-order valence-electron chi connectivity index (χ4n) is 2.26. The van der Waals surface area contributed by atoms with Gasteiger partial charge in [-0.3, -0.25) is 14.9 Å². The lowest BCUT2D eigenvalue weighted by atomic mass is 10.2. The van der Waals surface area contributed by atoms with Crippen molar-refractivity contribution in [1.29, 1.82) is 0 Å². The number of thioether (sulfide) groups is 1. The Kier molecular flexibility index (Phi) is 6.77. The highest BCUT2D eigenvalue weighted by molar-refractivity contribution is 7.99. The van der Waals surface area contributed by atoms with E-state index in [0.717, 1.165) is 5.01 Å². The number of ether oxygens (including phenoxy) is 1. The molecule has 2 N–H and O–H groups in total. The zero-order valence-corrected chi connectivity index (χ0v) is 17.6. The average Bonchev–Trinajstić information content (AvgIpc) is 3.29. The molecule has 1 aromatic carbocycles. The molecule has 3 aromatic rings. The molecule has 0 aliphatic carbocycles. The van der Waals surface area contributed by atoms with Gasteiger partial charge in [-0.1, -0.05) is 23.1 Å². The summed E-state index contributed by atoms with van der Waals surface area (Å²) in [7, 11) is 3.35. The van der Waals surface area contributed by atoms with Crippen molar-refractivity contribution in [3.8, 4) is 5.75 Å². The van der Waals surface area contributed by atoms with Gasteiger partial charge in [0.25, 0.3) is 5.91 Å². The largest absolute Gasteiger partial charge is 0.497 e. The number of aromatic nitrogens is 5. The Hall–Kier alpha value is -2.99. The van der Waals surface area contributed by atoms with Crippen molar-refractivity contribution >= 4 is 40.0 Å². The second kappa shape index (κ2) is 9.47. The third kappa shape index (κ3) is 5.51. The molecule has 0 atom stereocenters. The molecular formula is C17H19N7O3S2. The summed E-state index contributed by atoms with van der Waals surface area (Å²) in [5.41, 5.74) is 0.520. The monoisotopic (exact) mass is 433 g/mol. The van der Waals surface area contributed by atoms with Crippen LogP contribution in [-0.4, -0.2) is 49.6 Å². The lowest BCUT2D eigenvalue weighted by Gasteiger charge is -2.07. The van der Waals surface area contributed by atoms with Crippen LogP contribution in [0.15, 0.2) is 29.4 Å². The van der Waals surface area contributed by atoms with Crippen LogP contribution in [0.4, 0.5) is 5.13 Å². The number of rotatable bonds is 8. The van der Waals surface area contributed by atoms with Crippen molar-refractivity contribution in [2.45, 2.75) is 18.6 Å². The molecule has 2 aromatic heterocycles. The van der Waals surface area contributed by atoms with E-state index in [1.165, 1.54) is 23.1 Å². The fourth-order valence-corrected chi connectivity index (χ4v) is 3.60. The first-order chi connectivity index (χ1) is 14.0. The van der Waals surface area contributed by atoms with Crippen LogP contribution < -0.4 is 15.4 Å². The number of nitrogens with one attached hydrogen (secondary N) is 2. The van der Waals surface area contributed by atoms with Crippen molar-refractivity contribution in [1.82, 2.24) is 30.3 Å². The molecule has 29 heavy (non-hydrogen) atoms. The van der Waals surface area contributed by atoms with E-state index in [1.807, 2.05) is 6.92 Å². The Labute approximate surface area is 175 Å². The standard InChI is InChI=1S/C17H19N7O3S2/c1-10-20-22-16(29-10)19-14(25)9-28-17-23-21-13(24(17)2)8-18-15(26)11-4-6-12(27-3)7-5-11/h4-7H,8-9H2,1-3H3,(H,18,26)(H,19,22,25). The third-order valence-electron chi connectivity index (χ3n) is 3.79. The van der Waals surface area contributed by atoms with Crippen molar-refractivity contribution in [3.05, 3.63) is 40.7 Å². The maximum absolute atomic E-state index is 12.2. The number of hydrogen-bond acceptors (Lipinski definition) is 9. The molecule has 0 spiro atoms. The lowest BCUT2D eigenvalue weighted by Crippen LogP contribution is -2.24. The first-order valence-corrected chi connectivity index (χ1v) is 10.3. The van der Waals surface area contributed by atoms with Gasteiger partial charge in [-0.25, -0.2) is 0 Å². The number of aryl methyl sites for hydroxylation is 1. The zero-order chi connectivity index (χ0) is 20.8. The number of carbonyl (C=O) groups excluding carboxylic acids is 2. The number of methoxy groups -OCH3 is 1. The highest BCUT2D eigenvalue weighted by Crippen LogP contribution is 2.18. The van der Waals surface area contributed by atoms with E-state index >= 15 is 0 Å². The molecule has 0 saturated heterocycles. The van der Waals surface area contributed by atoms with Gasteiger partial charge in [0.1, 0.15) is 10.8 Å².